The molecular weight excluding hydrogens is 312 g/mol. The number of allylic oxidation sites excluding steroid dienone is 2. The summed E-state index contributed by atoms with van der Waals surface area (Å²) in [6.45, 7) is 0. The van der Waals surface area contributed by atoms with Gasteiger partial charge in [-0.15, -0.1) is 0 Å². The van der Waals surface area contributed by atoms with Crippen LogP contribution in [0.25, 0.3) is 44.5 Å². The van der Waals surface area contributed by atoms with Gasteiger partial charge in [-0.2, -0.15) is 0 Å². The van der Waals surface area contributed by atoms with Gasteiger partial charge in [0.1, 0.15) is 0 Å². The highest BCUT2D eigenvalue weighted by molar-refractivity contribution is 6.24. The van der Waals surface area contributed by atoms with E-state index in [2.05, 4.69) is 103 Å². The zero-order valence-corrected chi connectivity index (χ0v) is 14.4. The second kappa shape index (κ2) is 6.16. The van der Waals surface area contributed by atoms with Gasteiger partial charge in [0.25, 0.3) is 0 Å². The molecule has 5 rings (SSSR count). The van der Waals surface area contributed by atoms with E-state index >= 15 is 0 Å². The first-order chi connectivity index (χ1) is 12.9. The van der Waals surface area contributed by atoms with Gasteiger partial charge in [-0.3, -0.25) is 0 Å². The molecule has 0 spiro atoms. The molecule has 5 aromatic carbocycles. The zero-order chi connectivity index (χ0) is 17.3. The molecule has 0 saturated carbocycles. The summed E-state index contributed by atoms with van der Waals surface area (Å²) < 4.78 is 0. The summed E-state index contributed by atoms with van der Waals surface area (Å²) in [5.74, 6) is 0. The number of benzene rings is 5. The highest BCUT2D eigenvalue weighted by atomic mass is 14.1. The van der Waals surface area contributed by atoms with E-state index in [0.29, 0.717) is 0 Å². The van der Waals surface area contributed by atoms with Crippen LogP contribution in [0.5, 0.6) is 0 Å². The van der Waals surface area contributed by atoms with Crippen LogP contribution < -0.4 is 0 Å². The Balaban J connectivity index is 1.62. The third kappa shape index (κ3) is 2.48. The highest BCUT2D eigenvalue weighted by Crippen LogP contribution is 2.36. The molecular formula is C26H18. The lowest BCUT2D eigenvalue weighted by Crippen LogP contribution is -1.85. The number of hydrogen-bond donors (Lipinski definition) is 0. The van der Waals surface area contributed by atoms with Gasteiger partial charge in [-0.05, 0) is 43.4 Å². The first-order valence-electron chi connectivity index (χ1n) is 8.96. The summed E-state index contributed by atoms with van der Waals surface area (Å²) in [7, 11) is 0. The van der Waals surface area contributed by atoms with E-state index in [9.17, 15) is 0 Å². The van der Waals surface area contributed by atoms with Gasteiger partial charge in [0, 0.05) is 0 Å². The fraction of sp³-hybridized carbons (Fsp3) is 0. The molecule has 0 atom stereocenters. The Labute approximate surface area is 153 Å². The van der Waals surface area contributed by atoms with Gasteiger partial charge in [0.05, 0.1) is 0 Å². The molecule has 0 heteroatoms. The lowest BCUT2D eigenvalue weighted by molar-refractivity contribution is 1.66. The topological polar surface area (TPSA) is 0 Å². The Morgan fingerprint density at radius 1 is 0.462 bits per heavy atom. The van der Waals surface area contributed by atoms with E-state index in [0.717, 1.165) is 0 Å². The predicted octanol–water partition coefficient (Wildman–Crippen LogP) is 7.31. The van der Waals surface area contributed by atoms with Crippen molar-refractivity contribution in [3.8, 4) is 0 Å². The summed E-state index contributed by atoms with van der Waals surface area (Å²) >= 11 is 0. The highest BCUT2D eigenvalue weighted by Gasteiger charge is 2.09. The zero-order valence-electron chi connectivity index (χ0n) is 14.4. The predicted molar refractivity (Wildman–Crippen MR) is 115 cm³/mol. The monoisotopic (exact) mass is 330 g/mol. The van der Waals surface area contributed by atoms with Crippen molar-refractivity contribution in [1.29, 1.82) is 0 Å². The van der Waals surface area contributed by atoms with Crippen LogP contribution in [0.2, 0.25) is 0 Å². The Kier molecular flexibility index (Phi) is 3.54. The second-order valence-corrected chi connectivity index (χ2v) is 6.64. The quantitative estimate of drug-likeness (QED) is 0.240. The van der Waals surface area contributed by atoms with Gasteiger partial charge in [0.15, 0.2) is 0 Å². The van der Waals surface area contributed by atoms with Crippen molar-refractivity contribution < 1.29 is 0 Å². The summed E-state index contributed by atoms with van der Waals surface area (Å²) in [5, 5.41) is 7.99. The van der Waals surface area contributed by atoms with Crippen molar-refractivity contribution in [2.45, 2.75) is 0 Å². The minimum atomic E-state index is 1.22. The van der Waals surface area contributed by atoms with Crippen LogP contribution in [0.4, 0.5) is 0 Å². The molecule has 0 amide bonds. The average molecular weight is 330 g/mol. The summed E-state index contributed by atoms with van der Waals surface area (Å²) in [6, 6.07) is 30.3. The molecule has 0 N–H and O–H groups in total. The second-order valence-electron chi connectivity index (χ2n) is 6.64. The van der Waals surface area contributed by atoms with Crippen LogP contribution in [0, 0.1) is 0 Å². The van der Waals surface area contributed by atoms with E-state index in [1.165, 1.54) is 43.4 Å². The lowest BCUT2D eigenvalue weighted by atomic mass is 9.92. The van der Waals surface area contributed by atoms with Gasteiger partial charge < -0.3 is 0 Å². The van der Waals surface area contributed by atoms with Gasteiger partial charge in [0.2, 0.25) is 0 Å². The van der Waals surface area contributed by atoms with Gasteiger partial charge in [-0.1, -0.05) is 109 Å². The molecule has 0 aliphatic rings. The smallest absolute Gasteiger partial charge is 0.00208 e. The van der Waals surface area contributed by atoms with Crippen molar-refractivity contribution in [2.24, 2.45) is 0 Å². The third-order valence-corrected chi connectivity index (χ3v) is 5.04. The SMILES string of the molecule is C(C=Cc1ccc2ccc3cccc4ccc1c2c34)=Cc1ccccc1. The number of hydrogen-bond acceptors (Lipinski definition) is 0. The summed E-state index contributed by atoms with van der Waals surface area (Å²) in [4.78, 5) is 0. The molecule has 0 fully saturated rings. The normalized spacial score (nSPS) is 12.3. The first-order valence-corrected chi connectivity index (χ1v) is 8.96. The van der Waals surface area contributed by atoms with Crippen molar-refractivity contribution in [2.75, 3.05) is 0 Å². The Morgan fingerprint density at radius 2 is 1.12 bits per heavy atom. The van der Waals surface area contributed by atoms with Crippen molar-refractivity contribution in [3.05, 3.63) is 108 Å². The molecule has 0 radical (unpaired) electrons. The molecule has 0 heterocycles. The van der Waals surface area contributed by atoms with Crippen molar-refractivity contribution in [1.82, 2.24) is 0 Å². The van der Waals surface area contributed by atoms with E-state index in [1.807, 2.05) is 6.07 Å². The standard InChI is InChI=1S/C26H18/c1-2-7-19(8-3-1)9-4-5-10-20-13-14-23-16-15-21-11-6-12-22-17-18-24(20)26(23)25(21)22/h1-18H. The molecule has 0 aliphatic carbocycles. The molecule has 0 unspecified atom stereocenters. The van der Waals surface area contributed by atoms with Crippen LogP contribution >= 0.6 is 0 Å². The minimum Gasteiger partial charge on any atom is -0.0622 e. The fourth-order valence-corrected chi connectivity index (χ4v) is 3.79. The van der Waals surface area contributed by atoms with Crippen LogP contribution in [-0.2, 0) is 0 Å². The first kappa shape index (κ1) is 14.9. The summed E-state index contributed by atoms with van der Waals surface area (Å²) in [6.07, 6.45) is 8.56. The third-order valence-electron chi connectivity index (χ3n) is 5.04. The molecule has 26 heavy (non-hydrogen) atoms. The maximum absolute atomic E-state index is 2.25. The van der Waals surface area contributed by atoms with Crippen LogP contribution in [0.1, 0.15) is 11.1 Å². The Bertz CT molecular complexity index is 1240. The molecule has 122 valence electrons. The van der Waals surface area contributed by atoms with Crippen LogP contribution in [0.3, 0.4) is 0 Å². The van der Waals surface area contributed by atoms with E-state index < -0.39 is 0 Å². The molecule has 0 aliphatic heterocycles. The van der Waals surface area contributed by atoms with Crippen molar-refractivity contribution >= 4 is 44.5 Å². The fourth-order valence-electron chi connectivity index (χ4n) is 3.79. The molecule has 0 aromatic heterocycles. The Hall–Kier alpha value is -3.38. The van der Waals surface area contributed by atoms with Crippen LogP contribution in [-0.4, -0.2) is 0 Å². The molecule has 5 aromatic rings. The van der Waals surface area contributed by atoms with Gasteiger partial charge >= 0.3 is 0 Å². The largest absolute Gasteiger partial charge is 0.0622 e. The van der Waals surface area contributed by atoms with Crippen LogP contribution in [0.15, 0.2) is 97.1 Å². The molecule has 0 bridgehead atoms. The maximum atomic E-state index is 2.25. The van der Waals surface area contributed by atoms with E-state index in [1.54, 1.807) is 0 Å². The molecule has 0 nitrogen and oxygen atoms in total. The number of rotatable bonds is 3. The van der Waals surface area contributed by atoms with Crippen molar-refractivity contribution in [3.63, 3.8) is 0 Å². The lowest BCUT2D eigenvalue weighted by Gasteiger charge is -2.12. The average Bonchev–Trinajstić information content (AvgIpc) is 2.71. The van der Waals surface area contributed by atoms with Gasteiger partial charge in [-0.25, -0.2) is 0 Å². The molecule has 0 saturated heterocycles. The Morgan fingerprint density at radius 3 is 1.92 bits per heavy atom. The summed E-state index contributed by atoms with van der Waals surface area (Å²) in [5.41, 5.74) is 2.47. The van der Waals surface area contributed by atoms with E-state index in [-0.39, 0.29) is 0 Å². The minimum absolute atomic E-state index is 1.22. The maximum Gasteiger partial charge on any atom is -0.00208 e. The van der Waals surface area contributed by atoms with E-state index in [4.69, 9.17) is 0 Å².